The third-order valence-electron chi connectivity index (χ3n) is 1.98. The van der Waals surface area contributed by atoms with Crippen LogP contribution in [0.3, 0.4) is 0 Å². The average molecular weight is 244 g/mol. The lowest BCUT2D eigenvalue weighted by atomic mass is 10.2. The summed E-state index contributed by atoms with van der Waals surface area (Å²) in [5.74, 6) is 1.62. The van der Waals surface area contributed by atoms with Crippen molar-refractivity contribution in [1.29, 1.82) is 0 Å². The first-order valence-corrected chi connectivity index (χ1v) is 4.88. The van der Waals surface area contributed by atoms with E-state index in [2.05, 4.69) is 25.9 Å². The molecule has 1 aliphatic rings. The van der Waals surface area contributed by atoms with Crippen LogP contribution in [-0.2, 0) is 0 Å². The van der Waals surface area contributed by atoms with E-state index in [0.717, 1.165) is 16.2 Å². The molecule has 2 rings (SSSR count). The highest BCUT2D eigenvalue weighted by Crippen LogP contribution is 2.21. The maximum atomic E-state index is 9.12. The summed E-state index contributed by atoms with van der Waals surface area (Å²) in [6.45, 7) is 3.19. The predicted octanol–water partition coefficient (Wildman–Crippen LogP) is 0.728. The number of rotatable bonds is 1. The largest absolute Gasteiger partial charge is 0.389 e. The summed E-state index contributed by atoms with van der Waals surface area (Å²) in [7, 11) is 0. The van der Waals surface area contributed by atoms with Gasteiger partial charge in [0.15, 0.2) is 0 Å². The summed E-state index contributed by atoms with van der Waals surface area (Å²) in [5, 5.41) is 9.12. The van der Waals surface area contributed by atoms with Gasteiger partial charge in [0.2, 0.25) is 0 Å². The summed E-state index contributed by atoms with van der Waals surface area (Å²) in [6, 6.07) is 1.86. The third-order valence-corrected chi connectivity index (χ3v) is 2.39. The minimum Gasteiger partial charge on any atom is -0.389 e. The van der Waals surface area contributed by atoms with Gasteiger partial charge in [-0.2, -0.15) is 0 Å². The van der Waals surface area contributed by atoms with Gasteiger partial charge >= 0.3 is 0 Å². The Morgan fingerprint density at radius 2 is 2.23 bits per heavy atom. The second-order valence-electron chi connectivity index (χ2n) is 3.15. The van der Waals surface area contributed by atoms with Crippen LogP contribution in [0.15, 0.2) is 10.7 Å². The lowest BCUT2D eigenvalue weighted by molar-refractivity contribution is 0.141. The van der Waals surface area contributed by atoms with Gasteiger partial charge in [-0.25, -0.2) is 9.97 Å². The standard InChI is InChI=1S/C8H10BrN3O/c1-5-10-7(9)2-8(11-5)12-3-6(13)4-12/h2,6,13H,3-4H2,1H3. The number of hydrogen-bond acceptors (Lipinski definition) is 4. The Morgan fingerprint density at radius 1 is 1.54 bits per heavy atom. The minimum atomic E-state index is -0.200. The first-order chi connectivity index (χ1) is 6.15. The van der Waals surface area contributed by atoms with Gasteiger partial charge in [-0.3, -0.25) is 0 Å². The van der Waals surface area contributed by atoms with E-state index in [-0.39, 0.29) is 6.10 Å². The van der Waals surface area contributed by atoms with Crippen molar-refractivity contribution in [2.75, 3.05) is 18.0 Å². The van der Waals surface area contributed by atoms with E-state index in [1.807, 2.05) is 17.9 Å². The third kappa shape index (κ3) is 1.81. The fraction of sp³-hybridized carbons (Fsp3) is 0.500. The molecule has 0 aliphatic carbocycles. The number of aliphatic hydroxyl groups excluding tert-OH is 1. The molecule has 4 nitrogen and oxygen atoms in total. The topological polar surface area (TPSA) is 49.2 Å². The Kier molecular flexibility index (Phi) is 2.21. The van der Waals surface area contributed by atoms with Gasteiger partial charge < -0.3 is 10.0 Å². The van der Waals surface area contributed by atoms with Crippen molar-refractivity contribution >= 4 is 21.7 Å². The van der Waals surface area contributed by atoms with E-state index in [9.17, 15) is 0 Å². The molecule has 1 saturated heterocycles. The molecule has 13 heavy (non-hydrogen) atoms. The van der Waals surface area contributed by atoms with Gasteiger partial charge in [0.25, 0.3) is 0 Å². The van der Waals surface area contributed by atoms with Crippen LogP contribution in [0.5, 0.6) is 0 Å². The Balaban J connectivity index is 2.21. The number of nitrogens with zero attached hydrogens (tertiary/aromatic N) is 3. The Bertz CT molecular complexity index is 305. The van der Waals surface area contributed by atoms with Gasteiger partial charge in [-0.05, 0) is 22.9 Å². The van der Waals surface area contributed by atoms with Crippen LogP contribution >= 0.6 is 15.9 Å². The summed E-state index contributed by atoms with van der Waals surface area (Å²) in [4.78, 5) is 10.4. The first-order valence-electron chi connectivity index (χ1n) is 4.09. The monoisotopic (exact) mass is 243 g/mol. The first kappa shape index (κ1) is 8.90. The van der Waals surface area contributed by atoms with Gasteiger partial charge in [-0.15, -0.1) is 0 Å². The van der Waals surface area contributed by atoms with E-state index in [1.165, 1.54) is 0 Å². The van der Waals surface area contributed by atoms with Gasteiger partial charge in [0, 0.05) is 19.2 Å². The molecule has 5 heteroatoms. The lowest BCUT2D eigenvalue weighted by Crippen LogP contribution is -2.51. The van der Waals surface area contributed by atoms with Crippen LogP contribution in [0.1, 0.15) is 5.82 Å². The number of aromatic nitrogens is 2. The highest BCUT2D eigenvalue weighted by atomic mass is 79.9. The van der Waals surface area contributed by atoms with Crippen molar-refractivity contribution in [3.8, 4) is 0 Å². The molecule has 1 aliphatic heterocycles. The molecule has 1 aromatic heterocycles. The Morgan fingerprint density at radius 3 is 2.77 bits per heavy atom. The Labute approximate surface area is 84.7 Å². The fourth-order valence-electron chi connectivity index (χ4n) is 1.32. The molecule has 0 spiro atoms. The number of aliphatic hydroxyl groups is 1. The molecule has 1 N–H and O–H groups in total. The molecule has 70 valence electrons. The molecule has 0 bridgehead atoms. The van der Waals surface area contributed by atoms with Crippen molar-refractivity contribution in [3.05, 3.63) is 16.5 Å². The van der Waals surface area contributed by atoms with E-state index >= 15 is 0 Å². The van der Waals surface area contributed by atoms with Crippen molar-refractivity contribution in [2.24, 2.45) is 0 Å². The molecule has 1 aromatic rings. The molecule has 0 atom stereocenters. The van der Waals surface area contributed by atoms with Gasteiger partial charge in [-0.1, -0.05) is 0 Å². The van der Waals surface area contributed by atoms with Gasteiger partial charge in [0.1, 0.15) is 16.2 Å². The highest BCUT2D eigenvalue weighted by molar-refractivity contribution is 9.10. The van der Waals surface area contributed by atoms with Crippen LogP contribution in [0.25, 0.3) is 0 Å². The fourth-order valence-corrected chi connectivity index (χ4v) is 1.78. The number of anilines is 1. The molecule has 1 fully saturated rings. The zero-order chi connectivity index (χ0) is 9.42. The van der Waals surface area contributed by atoms with Crippen LogP contribution < -0.4 is 4.90 Å². The summed E-state index contributed by atoms with van der Waals surface area (Å²) in [5.41, 5.74) is 0. The second kappa shape index (κ2) is 3.23. The molecule has 0 aromatic carbocycles. The number of aryl methyl sites for hydroxylation is 1. The van der Waals surface area contributed by atoms with Crippen molar-refractivity contribution in [3.63, 3.8) is 0 Å². The Hall–Kier alpha value is -0.680. The minimum absolute atomic E-state index is 0.200. The molecule has 0 amide bonds. The molecule has 0 unspecified atom stereocenters. The average Bonchev–Trinajstić information content (AvgIpc) is 1.96. The normalized spacial score (nSPS) is 17.3. The highest BCUT2D eigenvalue weighted by Gasteiger charge is 2.25. The smallest absolute Gasteiger partial charge is 0.133 e. The number of β-amino-alcohol motifs (C(OH)–C–C–N with tert-alkyl or cyclic N) is 1. The van der Waals surface area contributed by atoms with Crippen molar-refractivity contribution in [1.82, 2.24) is 9.97 Å². The van der Waals surface area contributed by atoms with E-state index in [4.69, 9.17) is 5.11 Å². The van der Waals surface area contributed by atoms with Crippen molar-refractivity contribution < 1.29 is 5.11 Å². The van der Waals surface area contributed by atoms with E-state index in [0.29, 0.717) is 13.1 Å². The lowest BCUT2D eigenvalue weighted by Gasteiger charge is -2.36. The molecular weight excluding hydrogens is 234 g/mol. The summed E-state index contributed by atoms with van der Waals surface area (Å²) >= 11 is 3.31. The quantitative estimate of drug-likeness (QED) is 0.740. The van der Waals surface area contributed by atoms with E-state index in [1.54, 1.807) is 0 Å². The van der Waals surface area contributed by atoms with Crippen LogP contribution in [0, 0.1) is 6.92 Å². The predicted molar refractivity (Wildman–Crippen MR) is 52.7 cm³/mol. The summed E-state index contributed by atoms with van der Waals surface area (Å²) in [6.07, 6.45) is -0.200. The molecule has 0 saturated carbocycles. The molecular formula is C8H10BrN3O. The SMILES string of the molecule is Cc1nc(Br)cc(N2CC(O)C2)n1. The molecule has 0 radical (unpaired) electrons. The van der Waals surface area contributed by atoms with Crippen LogP contribution in [-0.4, -0.2) is 34.3 Å². The molecule has 2 heterocycles. The zero-order valence-corrected chi connectivity index (χ0v) is 8.82. The number of hydrogen-bond donors (Lipinski definition) is 1. The second-order valence-corrected chi connectivity index (χ2v) is 3.97. The van der Waals surface area contributed by atoms with Crippen molar-refractivity contribution in [2.45, 2.75) is 13.0 Å². The summed E-state index contributed by atoms with van der Waals surface area (Å²) < 4.78 is 0.788. The van der Waals surface area contributed by atoms with Gasteiger partial charge in [0.05, 0.1) is 6.10 Å². The van der Waals surface area contributed by atoms with Crippen LogP contribution in [0.2, 0.25) is 0 Å². The maximum Gasteiger partial charge on any atom is 0.133 e. The zero-order valence-electron chi connectivity index (χ0n) is 7.24. The van der Waals surface area contributed by atoms with Crippen LogP contribution in [0.4, 0.5) is 5.82 Å². The van der Waals surface area contributed by atoms with E-state index < -0.39 is 0 Å². The number of halogens is 1. The maximum absolute atomic E-state index is 9.12.